The zero-order valence-corrected chi connectivity index (χ0v) is 8.99. The quantitative estimate of drug-likeness (QED) is 0.686. The lowest BCUT2D eigenvalue weighted by molar-refractivity contribution is -0.129. The number of hydrogen-bond donors (Lipinski definition) is 0. The Labute approximate surface area is 85.7 Å². The van der Waals surface area contributed by atoms with Crippen LogP contribution in [0.1, 0.15) is 39.5 Å². The first-order valence-corrected chi connectivity index (χ1v) is 5.38. The first-order valence-electron chi connectivity index (χ1n) is 5.38. The van der Waals surface area contributed by atoms with Gasteiger partial charge in [-0.3, -0.25) is 4.79 Å². The van der Waals surface area contributed by atoms with Crippen molar-refractivity contribution in [3.8, 4) is 6.07 Å². The Hall–Kier alpha value is -1.04. The van der Waals surface area contributed by atoms with E-state index in [0.29, 0.717) is 19.0 Å². The SMILES string of the molecule is CCCCC(C)N1CC(C#N)CC1=O. The van der Waals surface area contributed by atoms with Crippen LogP contribution in [0.2, 0.25) is 0 Å². The van der Waals surface area contributed by atoms with Gasteiger partial charge in [0.25, 0.3) is 0 Å². The van der Waals surface area contributed by atoms with Crippen LogP contribution in [0, 0.1) is 17.2 Å². The summed E-state index contributed by atoms with van der Waals surface area (Å²) >= 11 is 0. The van der Waals surface area contributed by atoms with Crippen molar-refractivity contribution in [3.05, 3.63) is 0 Å². The van der Waals surface area contributed by atoms with E-state index in [9.17, 15) is 4.79 Å². The molecule has 14 heavy (non-hydrogen) atoms. The molecular weight excluding hydrogens is 176 g/mol. The van der Waals surface area contributed by atoms with E-state index in [4.69, 9.17) is 5.26 Å². The Morgan fingerprint density at radius 3 is 2.93 bits per heavy atom. The molecule has 2 unspecified atom stereocenters. The summed E-state index contributed by atoms with van der Waals surface area (Å²) in [5.74, 6) is 0.0757. The molecule has 0 aromatic rings. The Morgan fingerprint density at radius 1 is 1.71 bits per heavy atom. The topological polar surface area (TPSA) is 44.1 Å². The molecule has 1 fully saturated rings. The summed E-state index contributed by atoms with van der Waals surface area (Å²) in [6.45, 7) is 4.87. The van der Waals surface area contributed by atoms with E-state index in [1.165, 1.54) is 0 Å². The summed E-state index contributed by atoms with van der Waals surface area (Å²) in [6, 6.07) is 2.48. The molecular formula is C11H18N2O. The maximum Gasteiger partial charge on any atom is 0.224 e. The van der Waals surface area contributed by atoms with Crippen LogP contribution >= 0.6 is 0 Å². The van der Waals surface area contributed by atoms with Crippen molar-refractivity contribution in [1.82, 2.24) is 4.90 Å². The zero-order valence-electron chi connectivity index (χ0n) is 8.99. The number of nitriles is 1. The highest BCUT2D eigenvalue weighted by molar-refractivity contribution is 5.79. The van der Waals surface area contributed by atoms with E-state index >= 15 is 0 Å². The molecule has 1 aliphatic rings. The Bertz CT molecular complexity index is 244. The van der Waals surface area contributed by atoms with E-state index in [1.807, 2.05) is 4.90 Å². The minimum atomic E-state index is -0.0772. The lowest BCUT2D eigenvalue weighted by atomic mass is 10.1. The highest BCUT2D eigenvalue weighted by Gasteiger charge is 2.31. The van der Waals surface area contributed by atoms with Crippen LogP contribution in [-0.4, -0.2) is 23.4 Å². The summed E-state index contributed by atoms with van der Waals surface area (Å²) in [6.07, 6.45) is 3.80. The fourth-order valence-electron chi connectivity index (χ4n) is 1.90. The highest BCUT2D eigenvalue weighted by atomic mass is 16.2. The van der Waals surface area contributed by atoms with Crippen molar-refractivity contribution >= 4 is 5.91 Å². The zero-order chi connectivity index (χ0) is 10.6. The van der Waals surface area contributed by atoms with Gasteiger partial charge in [-0.1, -0.05) is 19.8 Å². The Kier molecular flexibility index (Phi) is 3.94. The third-order valence-corrected chi connectivity index (χ3v) is 2.85. The van der Waals surface area contributed by atoms with E-state index in [1.54, 1.807) is 0 Å². The molecule has 0 saturated carbocycles. The van der Waals surface area contributed by atoms with E-state index in [2.05, 4.69) is 19.9 Å². The van der Waals surface area contributed by atoms with Gasteiger partial charge in [0.05, 0.1) is 12.0 Å². The number of likely N-dealkylation sites (tertiary alicyclic amines) is 1. The molecule has 1 rings (SSSR count). The van der Waals surface area contributed by atoms with Crippen molar-refractivity contribution in [2.45, 2.75) is 45.6 Å². The number of unbranched alkanes of at least 4 members (excludes halogenated alkanes) is 1. The second-order valence-corrected chi connectivity index (χ2v) is 4.07. The van der Waals surface area contributed by atoms with Crippen LogP contribution < -0.4 is 0 Å². The predicted molar refractivity (Wildman–Crippen MR) is 54.4 cm³/mol. The fourth-order valence-corrected chi connectivity index (χ4v) is 1.90. The van der Waals surface area contributed by atoms with Crippen molar-refractivity contribution < 1.29 is 4.79 Å². The lowest BCUT2D eigenvalue weighted by Crippen LogP contribution is -2.34. The molecule has 2 atom stereocenters. The molecule has 0 spiro atoms. The molecule has 1 heterocycles. The molecule has 0 aromatic heterocycles. The van der Waals surface area contributed by atoms with Gasteiger partial charge >= 0.3 is 0 Å². The molecule has 0 bridgehead atoms. The summed E-state index contributed by atoms with van der Waals surface area (Å²) < 4.78 is 0. The Balaban J connectivity index is 2.45. The molecule has 0 radical (unpaired) electrons. The van der Waals surface area contributed by atoms with Gasteiger partial charge in [0.15, 0.2) is 0 Å². The molecule has 3 nitrogen and oxygen atoms in total. The maximum absolute atomic E-state index is 11.5. The lowest BCUT2D eigenvalue weighted by Gasteiger charge is -2.24. The van der Waals surface area contributed by atoms with Crippen molar-refractivity contribution in [2.75, 3.05) is 6.54 Å². The van der Waals surface area contributed by atoms with Crippen LogP contribution in [0.4, 0.5) is 0 Å². The normalized spacial score (nSPS) is 23.6. The molecule has 1 aliphatic heterocycles. The van der Waals surface area contributed by atoms with Crippen LogP contribution in [0.5, 0.6) is 0 Å². The van der Waals surface area contributed by atoms with Gasteiger partial charge in [-0.25, -0.2) is 0 Å². The standard InChI is InChI=1S/C11H18N2O/c1-3-4-5-9(2)13-8-10(7-12)6-11(13)14/h9-10H,3-6,8H2,1-2H3. The second kappa shape index (κ2) is 4.99. The summed E-state index contributed by atoms with van der Waals surface area (Å²) in [5.41, 5.74) is 0. The third-order valence-electron chi connectivity index (χ3n) is 2.85. The number of carbonyl (C=O) groups excluding carboxylic acids is 1. The highest BCUT2D eigenvalue weighted by Crippen LogP contribution is 2.21. The first-order chi connectivity index (χ1) is 6.69. The number of hydrogen-bond acceptors (Lipinski definition) is 2. The summed E-state index contributed by atoms with van der Waals surface area (Å²) in [7, 11) is 0. The number of carbonyl (C=O) groups is 1. The fraction of sp³-hybridized carbons (Fsp3) is 0.818. The van der Waals surface area contributed by atoms with Gasteiger partial charge in [0, 0.05) is 19.0 Å². The van der Waals surface area contributed by atoms with Crippen LogP contribution in [0.25, 0.3) is 0 Å². The molecule has 1 amide bonds. The van der Waals surface area contributed by atoms with Crippen molar-refractivity contribution in [2.24, 2.45) is 5.92 Å². The van der Waals surface area contributed by atoms with Crippen LogP contribution in [0.15, 0.2) is 0 Å². The largest absolute Gasteiger partial charge is 0.339 e. The monoisotopic (exact) mass is 194 g/mol. The molecule has 3 heteroatoms. The van der Waals surface area contributed by atoms with Crippen molar-refractivity contribution in [3.63, 3.8) is 0 Å². The average Bonchev–Trinajstić information content (AvgIpc) is 2.56. The van der Waals surface area contributed by atoms with Crippen LogP contribution in [0.3, 0.4) is 0 Å². The Morgan fingerprint density at radius 2 is 2.43 bits per heavy atom. The molecule has 1 saturated heterocycles. The average molecular weight is 194 g/mol. The molecule has 0 N–H and O–H groups in total. The van der Waals surface area contributed by atoms with Crippen molar-refractivity contribution in [1.29, 1.82) is 5.26 Å². The maximum atomic E-state index is 11.5. The van der Waals surface area contributed by atoms with Gasteiger partial charge in [-0.05, 0) is 13.3 Å². The smallest absolute Gasteiger partial charge is 0.224 e. The molecule has 78 valence electrons. The van der Waals surface area contributed by atoms with E-state index < -0.39 is 0 Å². The van der Waals surface area contributed by atoms with Gasteiger partial charge in [0.2, 0.25) is 5.91 Å². The van der Waals surface area contributed by atoms with Gasteiger partial charge in [-0.15, -0.1) is 0 Å². The van der Waals surface area contributed by atoms with Crippen LogP contribution in [-0.2, 0) is 4.79 Å². The molecule has 0 aromatic carbocycles. The molecule has 0 aliphatic carbocycles. The second-order valence-electron chi connectivity index (χ2n) is 4.07. The minimum absolute atomic E-state index is 0.0772. The summed E-state index contributed by atoms with van der Waals surface area (Å²) in [4.78, 5) is 13.4. The van der Waals surface area contributed by atoms with Gasteiger partial charge in [0.1, 0.15) is 0 Å². The summed E-state index contributed by atoms with van der Waals surface area (Å²) in [5, 5.41) is 8.73. The van der Waals surface area contributed by atoms with E-state index in [-0.39, 0.29) is 11.8 Å². The van der Waals surface area contributed by atoms with E-state index in [0.717, 1.165) is 19.3 Å². The van der Waals surface area contributed by atoms with Gasteiger partial charge in [-0.2, -0.15) is 5.26 Å². The third kappa shape index (κ3) is 2.47. The first kappa shape index (κ1) is 11.0. The number of nitrogens with zero attached hydrogens (tertiary/aromatic N) is 2. The van der Waals surface area contributed by atoms with Gasteiger partial charge < -0.3 is 4.90 Å². The minimum Gasteiger partial charge on any atom is -0.339 e. The number of rotatable bonds is 4. The number of amides is 1. The predicted octanol–water partition coefficient (Wildman–Crippen LogP) is 1.94.